The summed E-state index contributed by atoms with van der Waals surface area (Å²) in [6.07, 6.45) is 2.30. The van der Waals surface area contributed by atoms with Crippen LogP contribution in [-0.4, -0.2) is 5.91 Å². The van der Waals surface area contributed by atoms with Crippen LogP contribution >= 0.6 is 0 Å². The topological polar surface area (TPSA) is 43.1 Å². The molecule has 1 aliphatic rings. The Morgan fingerprint density at radius 3 is 1.92 bits per heavy atom. The highest BCUT2D eigenvalue weighted by atomic mass is 16.1. The van der Waals surface area contributed by atoms with Gasteiger partial charge in [0.05, 0.1) is 0 Å². The molecule has 2 unspecified atom stereocenters. The molecule has 0 aromatic heterocycles. The molecule has 1 aliphatic carbocycles. The fourth-order valence-electron chi connectivity index (χ4n) is 2.78. The van der Waals surface area contributed by atoms with Crippen LogP contribution in [0, 0.1) is 23.7 Å². The van der Waals surface area contributed by atoms with E-state index < -0.39 is 0 Å². The Balaban J connectivity index is 2.66. The number of nitrogens with two attached hydrogens (primary N) is 1. The SMILES string of the molecule is CC1C[C@@H](C)C(C(N)=O)[C@@H](C)C1. The minimum Gasteiger partial charge on any atom is -0.369 e. The first-order valence-corrected chi connectivity index (χ1v) is 4.81. The van der Waals surface area contributed by atoms with Crippen LogP contribution in [0.2, 0.25) is 0 Å². The smallest absolute Gasteiger partial charge is 0.221 e. The molecule has 2 heteroatoms. The number of carbonyl (C=O) groups is 1. The maximum Gasteiger partial charge on any atom is 0.221 e. The highest BCUT2D eigenvalue weighted by molar-refractivity contribution is 5.77. The van der Waals surface area contributed by atoms with Crippen molar-refractivity contribution in [1.82, 2.24) is 0 Å². The van der Waals surface area contributed by atoms with Gasteiger partial charge >= 0.3 is 0 Å². The standard InChI is InChI=1S/C10H19NO/c1-6-4-7(2)9(10(11)12)8(3)5-6/h6-9H,4-5H2,1-3H3,(H2,11,12)/t6?,7-,8+,9?. The Kier molecular flexibility index (Phi) is 2.76. The summed E-state index contributed by atoms with van der Waals surface area (Å²) in [7, 11) is 0. The highest BCUT2D eigenvalue weighted by Crippen LogP contribution is 2.37. The monoisotopic (exact) mass is 169 g/mol. The van der Waals surface area contributed by atoms with Crippen molar-refractivity contribution < 1.29 is 4.79 Å². The predicted octanol–water partition coefficient (Wildman–Crippen LogP) is 1.79. The predicted molar refractivity (Wildman–Crippen MR) is 49.4 cm³/mol. The van der Waals surface area contributed by atoms with Crippen molar-refractivity contribution >= 4 is 5.91 Å². The van der Waals surface area contributed by atoms with Crippen molar-refractivity contribution in [3.63, 3.8) is 0 Å². The maximum atomic E-state index is 11.1. The van der Waals surface area contributed by atoms with Crippen molar-refractivity contribution in [2.75, 3.05) is 0 Å². The molecule has 0 aliphatic heterocycles. The van der Waals surface area contributed by atoms with Gasteiger partial charge in [-0.2, -0.15) is 0 Å². The molecule has 0 heterocycles. The molecule has 2 N–H and O–H groups in total. The second kappa shape index (κ2) is 3.46. The zero-order chi connectivity index (χ0) is 9.30. The number of hydrogen-bond donors (Lipinski definition) is 1. The van der Waals surface area contributed by atoms with E-state index in [2.05, 4.69) is 20.8 Å². The minimum absolute atomic E-state index is 0.109. The van der Waals surface area contributed by atoms with Crippen LogP contribution in [0.4, 0.5) is 0 Å². The van der Waals surface area contributed by atoms with E-state index in [9.17, 15) is 4.79 Å². The summed E-state index contributed by atoms with van der Waals surface area (Å²) in [5.41, 5.74) is 5.35. The lowest BCUT2D eigenvalue weighted by Crippen LogP contribution is -2.38. The Morgan fingerprint density at radius 2 is 1.58 bits per heavy atom. The molecule has 1 saturated carbocycles. The molecule has 0 spiro atoms. The molecule has 12 heavy (non-hydrogen) atoms. The van der Waals surface area contributed by atoms with Gasteiger partial charge in [-0.1, -0.05) is 20.8 Å². The number of hydrogen-bond acceptors (Lipinski definition) is 1. The van der Waals surface area contributed by atoms with Gasteiger partial charge in [0.15, 0.2) is 0 Å². The second-order valence-corrected chi connectivity index (χ2v) is 4.46. The quantitative estimate of drug-likeness (QED) is 0.639. The Morgan fingerprint density at radius 1 is 1.17 bits per heavy atom. The third-order valence-corrected chi connectivity index (χ3v) is 3.10. The molecule has 70 valence electrons. The summed E-state index contributed by atoms with van der Waals surface area (Å²) in [6.45, 7) is 6.54. The molecule has 1 fully saturated rings. The first kappa shape index (κ1) is 9.56. The molecule has 0 bridgehead atoms. The zero-order valence-corrected chi connectivity index (χ0v) is 8.21. The molecule has 2 nitrogen and oxygen atoms in total. The summed E-state index contributed by atoms with van der Waals surface area (Å²) in [4.78, 5) is 11.1. The Hall–Kier alpha value is -0.530. The van der Waals surface area contributed by atoms with Crippen LogP contribution in [0.1, 0.15) is 33.6 Å². The van der Waals surface area contributed by atoms with Gasteiger partial charge in [0.25, 0.3) is 0 Å². The van der Waals surface area contributed by atoms with Crippen molar-refractivity contribution in [3.8, 4) is 0 Å². The highest BCUT2D eigenvalue weighted by Gasteiger charge is 2.34. The largest absolute Gasteiger partial charge is 0.369 e. The van der Waals surface area contributed by atoms with Gasteiger partial charge in [-0.05, 0) is 30.6 Å². The molecule has 4 atom stereocenters. The van der Waals surface area contributed by atoms with Gasteiger partial charge in [0.1, 0.15) is 0 Å². The van der Waals surface area contributed by atoms with E-state index in [0.717, 1.165) is 18.8 Å². The third-order valence-electron chi connectivity index (χ3n) is 3.10. The Labute approximate surface area is 74.5 Å². The summed E-state index contributed by atoms with van der Waals surface area (Å²) in [6, 6.07) is 0. The van der Waals surface area contributed by atoms with Gasteiger partial charge < -0.3 is 5.73 Å². The first-order chi connectivity index (χ1) is 5.52. The number of amides is 1. The molecular formula is C10H19NO. The molecule has 0 aromatic carbocycles. The van der Waals surface area contributed by atoms with Crippen LogP contribution < -0.4 is 5.73 Å². The number of rotatable bonds is 1. The molecule has 1 rings (SSSR count). The van der Waals surface area contributed by atoms with E-state index in [1.165, 1.54) is 0 Å². The summed E-state index contributed by atoms with van der Waals surface area (Å²) in [5, 5.41) is 0. The molecule has 0 aromatic rings. The van der Waals surface area contributed by atoms with E-state index >= 15 is 0 Å². The molecular weight excluding hydrogens is 150 g/mol. The van der Waals surface area contributed by atoms with E-state index in [0.29, 0.717) is 11.8 Å². The number of primary amides is 1. The Bertz CT molecular complexity index is 167. The molecule has 0 saturated heterocycles. The van der Waals surface area contributed by atoms with Gasteiger partial charge in [-0.25, -0.2) is 0 Å². The van der Waals surface area contributed by atoms with E-state index in [1.807, 2.05) is 0 Å². The van der Waals surface area contributed by atoms with E-state index in [1.54, 1.807) is 0 Å². The van der Waals surface area contributed by atoms with Crippen LogP contribution in [0.3, 0.4) is 0 Å². The first-order valence-electron chi connectivity index (χ1n) is 4.81. The van der Waals surface area contributed by atoms with Crippen molar-refractivity contribution in [3.05, 3.63) is 0 Å². The zero-order valence-electron chi connectivity index (χ0n) is 8.21. The lowest BCUT2D eigenvalue weighted by Gasteiger charge is -2.35. The van der Waals surface area contributed by atoms with Crippen molar-refractivity contribution in [2.24, 2.45) is 29.4 Å². The van der Waals surface area contributed by atoms with Gasteiger partial charge in [-0.15, -0.1) is 0 Å². The van der Waals surface area contributed by atoms with Crippen LogP contribution in [0.25, 0.3) is 0 Å². The summed E-state index contributed by atoms with van der Waals surface area (Å²) >= 11 is 0. The molecule has 0 radical (unpaired) electrons. The van der Waals surface area contributed by atoms with Crippen LogP contribution in [0.5, 0.6) is 0 Å². The van der Waals surface area contributed by atoms with Crippen LogP contribution in [0.15, 0.2) is 0 Å². The summed E-state index contributed by atoms with van der Waals surface area (Å²) in [5.74, 6) is 1.70. The van der Waals surface area contributed by atoms with E-state index in [4.69, 9.17) is 5.73 Å². The fourth-order valence-corrected chi connectivity index (χ4v) is 2.78. The van der Waals surface area contributed by atoms with Crippen molar-refractivity contribution in [1.29, 1.82) is 0 Å². The van der Waals surface area contributed by atoms with Crippen molar-refractivity contribution in [2.45, 2.75) is 33.6 Å². The third kappa shape index (κ3) is 1.79. The lowest BCUT2D eigenvalue weighted by atomic mass is 9.69. The average Bonchev–Trinajstić information content (AvgIpc) is 1.82. The molecule has 1 amide bonds. The fraction of sp³-hybridized carbons (Fsp3) is 0.900. The lowest BCUT2D eigenvalue weighted by molar-refractivity contribution is -0.126. The maximum absolute atomic E-state index is 11.1. The van der Waals surface area contributed by atoms with Gasteiger partial charge in [0, 0.05) is 5.92 Å². The van der Waals surface area contributed by atoms with Crippen LogP contribution in [-0.2, 0) is 4.79 Å². The number of carbonyl (C=O) groups excluding carboxylic acids is 1. The van der Waals surface area contributed by atoms with Gasteiger partial charge in [0.2, 0.25) is 5.91 Å². The van der Waals surface area contributed by atoms with Gasteiger partial charge in [-0.3, -0.25) is 4.79 Å². The normalized spacial score (nSPS) is 42.6. The summed E-state index contributed by atoms with van der Waals surface area (Å²) < 4.78 is 0. The average molecular weight is 169 g/mol. The second-order valence-electron chi connectivity index (χ2n) is 4.46. The minimum atomic E-state index is -0.109. The van der Waals surface area contributed by atoms with E-state index in [-0.39, 0.29) is 11.8 Å².